The molecule has 3 nitrogen and oxygen atoms in total. The van der Waals surface area contributed by atoms with E-state index in [2.05, 4.69) is 83.2 Å². The van der Waals surface area contributed by atoms with Crippen LogP contribution in [0.25, 0.3) is 10.9 Å². The highest BCUT2D eigenvalue weighted by Gasteiger charge is 2.17. The van der Waals surface area contributed by atoms with Crippen LogP contribution >= 0.6 is 0 Å². The van der Waals surface area contributed by atoms with Crippen LogP contribution in [0, 0.1) is 0 Å². The minimum absolute atomic E-state index is 0.285. The van der Waals surface area contributed by atoms with Crippen molar-refractivity contribution >= 4 is 10.9 Å². The molecule has 0 aliphatic rings. The van der Waals surface area contributed by atoms with Gasteiger partial charge in [-0.15, -0.1) is 0 Å². The number of hydrogen-bond acceptors (Lipinski definition) is 2. The molecule has 3 heteroatoms. The van der Waals surface area contributed by atoms with E-state index >= 15 is 0 Å². The fraction of sp³-hybridized carbons (Fsp3) is 0.167. The summed E-state index contributed by atoms with van der Waals surface area (Å²) in [4.78, 5) is 3.42. The van der Waals surface area contributed by atoms with Gasteiger partial charge in [-0.1, -0.05) is 60.7 Å². The third kappa shape index (κ3) is 3.88. The lowest BCUT2D eigenvalue weighted by Gasteiger charge is -2.18. The predicted molar refractivity (Wildman–Crippen MR) is 111 cm³/mol. The highest BCUT2D eigenvalue weighted by Crippen LogP contribution is 2.30. The zero-order valence-electron chi connectivity index (χ0n) is 15.5. The average Bonchev–Trinajstić information content (AvgIpc) is 3.16. The van der Waals surface area contributed by atoms with E-state index in [1.165, 1.54) is 27.6 Å². The number of fused-ring (bicyclic) bond motifs is 1. The van der Waals surface area contributed by atoms with Gasteiger partial charge in [0.05, 0.1) is 7.11 Å². The summed E-state index contributed by atoms with van der Waals surface area (Å²) < 4.78 is 5.33. The molecule has 0 fully saturated rings. The molecule has 27 heavy (non-hydrogen) atoms. The number of nitrogens with one attached hydrogen (secondary N) is 2. The molecular formula is C24H24N2O. The summed E-state index contributed by atoms with van der Waals surface area (Å²) in [6.45, 7) is 1.67. The Kier molecular flexibility index (Phi) is 5.22. The Morgan fingerprint density at radius 2 is 1.74 bits per heavy atom. The van der Waals surface area contributed by atoms with Crippen molar-refractivity contribution < 1.29 is 4.74 Å². The van der Waals surface area contributed by atoms with Gasteiger partial charge in [0.15, 0.2) is 0 Å². The molecule has 3 aromatic carbocycles. The zero-order valence-corrected chi connectivity index (χ0v) is 15.5. The molecule has 0 amide bonds. The summed E-state index contributed by atoms with van der Waals surface area (Å²) in [6.07, 6.45) is 2.15. The lowest BCUT2D eigenvalue weighted by molar-refractivity contribution is 0.414. The van der Waals surface area contributed by atoms with Gasteiger partial charge in [0.1, 0.15) is 5.75 Å². The van der Waals surface area contributed by atoms with E-state index in [0.29, 0.717) is 0 Å². The number of hydrogen-bond donors (Lipinski definition) is 2. The molecule has 1 heterocycles. The maximum Gasteiger partial charge on any atom is 0.119 e. The number of H-pyrrole nitrogens is 1. The summed E-state index contributed by atoms with van der Waals surface area (Å²) in [7, 11) is 1.70. The molecule has 1 atom stereocenters. The van der Waals surface area contributed by atoms with Crippen molar-refractivity contribution in [3.8, 4) is 5.75 Å². The van der Waals surface area contributed by atoms with Crippen molar-refractivity contribution in [1.82, 2.24) is 10.3 Å². The van der Waals surface area contributed by atoms with Gasteiger partial charge in [0.25, 0.3) is 0 Å². The van der Waals surface area contributed by atoms with Crippen LogP contribution in [0.2, 0.25) is 0 Å². The molecule has 1 unspecified atom stereocenters. The van der Waals surface area contributed by atoms with E-state index in [1.807, 2.05) is 12.1 Å². The minimum Gasteiger partial charge on any atom is -0.497 e. The summed E-state index contributed by atoms with van der Waals surface area (Å²) in [6, 6.07) is 27.4. The number of rotatable bonds is 7. The van der Waals surface area contributed by atoms with E-state index in [4.69, 9.17) is 4.74 Å². The Balaban J connectivity index is 1.57. The largest absolute Gasteiger partial charge is 0.497 e. The second kappa shape index (κ2) is 8.11. The van der Waals surface area contributed by atoms with Gasteiger partial charge >= 0.3 is 0 Å². The van der Waals surface area contributed by atoms with Gasteiger partial charge in [0.2, 0.25) is 0 Å². The molecule has 0 bridgehead atoms. The Labute approximate surface area is 160 Å². The third-order valence-corrected chi connectivity index (χ3v) is 5.01. The molecule has 0 saturated carbocycles. The SMILES string of the molecule is COc1cccc(CNCC(c2ccccc2)c2c[nH]c3ccccc23)c1. The van der Waals surface area contributed by atoms with E-state index in [1.54, 1.807) is 7.11 Å². The van der Waals surface area contributed by atoms with Crippen molar-refractivity contribution in [2.24, 2.45) is 0 Å². The van der Waals surface area contributed by atoms with Crippen LogP contribution in [0.4, 0.5) is 0 Å². The summed E-state index contributed by atoms with van der Waals surface area (Å²) in [5, 5.41) is 4.92. The van der Waals surface area contributed by atoms with Crippen LogP contribution in [0.3, 0.4) is 0 Å². The van der Waals surface area contributed by atoms with Gasteiger partial charge in [-0.3, -0.25) is 0 Å². The van der Waals surface area contributed by atoms with Gasteiger partial charge in [0, 0.05) is 36.1 Å². The van der Waals surface area contributed by atoms with Gasteiger partial charge in [-0.05, 0) is 34.9 Å². The molecule has 0 aliphatic carbocycles. The number of ether oxygens (including phenoxy) is 1. The molecule has 0 aliphatic heterocycles. The Bertz CT molecular complexity index is 1010. The molecule has 1 aromatic heterocycles. The van der Waals surface area contributed by atoms with Gasteiger partial charge in [-0.25, -0.2) is 0 Å². The van der Waals surface area contributed by atoms with Crippen molar-refractivity contribution in [2.45, 2.75) is 12.5 Å². The Hall–Kier alpha value is -3.04. The minimum atomic E-state index is 0.285. The molecule has 0 spiro atoms. The molecule has 136 valence electrons. The normalized spacial score (nSPS) is 12.2. The summed E-state index contributed by atoms with van der Waals surface area (Å²) in [5.41, 5.74) is 5.05. The van der Waals surface area contributed by atoms with Crippen molar-refractivity contribution in [2.75, 3.05) is 13.7 Å². The van der Waals surface area contributed by atoms with E-state index < -0.39 is 0 Å². The second-order valence-electron chi connectivity index (χ2n) is 6.74. The van der Waals surface area contributed by atoms with Crippen LogP contribution in [0.15, 0.2) is 85.1 Å². The molecule has 0 saturated heterocycles. The molecule has 4 aromatic rings. The number of methoxy groups -OCH3 is 1. The average molecular weight is 356 g/mol. The zero-order chi connectivity index (χ0) is 18.5. The first-order valence-electron chi connectivity index (χ1n) is 9.30. The van der Waals surface area contributed by atoms with Crippen LogP contribution in [0.5, 0.6) is 5.75 Å². The number of aromatic amines is 1. The van der Waals surface area contributed by atoms with Gasteiger partial charge in [-0.2, -0.15) is 0 Å². The van der Waals surface area contributed by atoms with Gasteiger partial charge < -0.3 is 15.0 Å². The number of aromatic nitrogens is 1. The summed E-state index contributed by atoms with van der Waals surface area (Å²) >= 11 is 0. The first-order valence-corrected chi connectivity index (χ1v) is 9.30. The van der Waals surface area contributed by atoms with Crippen LogP contribution in [-0.4, -0.2) is 18.6 Å². The lowest BCUT2D eigenvalue weighted by Crippen LogP contribution is -2.22. The fourth-order valence-corrected chi connectivity index (χ4v) is 3.62. The van der Waals surface area contributed by atoms with Crippen molar-refractivity contribution in [1.29, 1.82) is 0 Å². The van der Waals surface area contributed by atoms with Crippen LogP contribution in [0.1, 0.15) is 22.6 Å². The van der Waals surface area contributed by atoms with Crippen LogP contribution in [-0.2, 0) is 6.54 Å². The monoisotopic (exact) mass is 356 g/mol. The topological polar surface area (TPSA) is 37.0 Å². The van der Waals surface area contributed by atoms with Crippen molar-refractivity contribution in [3.05, 3.63) is 102 Å². The highest BCUT2D eigenvalue weighted by atomic mass is 16.5. The van der Waals surface area contributed by atoms with Crippen molar-refractivity contribution in [3.63, 3.8) is 0 Å². The number of benzene rings is 3. The first-order chi connectivity index (χ1) is 13.3. The van der Waals surface area contributed by atoms with E-state index in [9.17, 15) is 0 Å². The fourth-order valence-electron chi connectivity index (χ4n) is 3.62. The Morgan fingerprint density at radius 3 is 2.59 bits per heavy atom. The lowest BCUT2D eigenvalue weighted by atomic mass is 9.91. The number of para-hydroxylation sites is 1. The molecular weight excluding hydrogens is 332 g/mol. The quantitative estimate of drug-likeness (QED) is 0.483. The van der Waals surface area contributed by atoms with E-state index in [-0.39, 0.29) is 5.92 Å². The second-order valence-corrected chi connectivity index (χ2v) is 6.74. The maximum absolute atomic E-state index is 5.33. The standard InChI is InChI=1S/C24H24N2O/c1-27-20-11-7-8-18(14-20)15-25-16-22(19-9-3-2-4-10-19)23-17-26-24-13-6-5-12-21(23)24/h2-14,17,22,25-26H,15-16H2,1H3. The van der Waals surface area contributed by atoms with E-state index in [0.717, 1.165) is 18.8 Å². The summed E-state index contributed by atoms with van der Waals surface area (Å²) in [5.74, 6) is 1.18. The third-order valence-electron chi connectivity index (χ3n) is 5.01. The molecule has 2 N–H and O–H groups in total. The molecule has 4 rings (SSSR count). The van der Waals surface area contributed by atoms with Crippen LogP contribution < -0.4 is 10.1 Å². The first kappa shape index (κ1) is 17.4. The molecule has 0 radical (unpaired) electrons. The Morgan fingerprint density at radius 1 is 0.926 bits per heavy atom. The predicted octanol–water partition coefficient (Wildman–Crippen LogP) is 5.10. The smallest absolute Gasteiger partial charge is 0.119 e. The highest BCUT2D eigenvalue weighted by molar-refractivity contribution is 5.84. The maximum atomic E-state index is 5.33.